The molecule has 1 heterocycles. The van der Waals surface area contributed by atoms with E-state index in [4.69, 9.17) is 0 Å². The topological polar surface area (TPSA) is 15.3 Å². The maximum absolute atomic E-state index is 3.71. The first-order chi connectivity index (χ1) is 7.66. The van der Waals surface area contributed by atoms with Crippen LogP contribution >= 0.6 is 0 Å². The van der Waals surface area contributed by atoms with Gasteiger partial charge in [0.05, 0.1) is 0 Å². The van der Waals surface area contributed by atoms with Crippen LogP contribution < -0.4 is 5.32 Å². The highest BCUT2D eigenvalue weighted by Gasteiger charge is 2.42. The van der Waals surface area contributed by atoms with Gasteiger partial charge in [0.25, 0.3) is 0 Å². The molecule has 94 valence electrons. The molecule has 2 nitrogen and oxygen atoms in total. The Balaban J connectivity index is 1.90. The third-order valence-corrected chi connectivity index (χ3v) is 4.60. The maximum atomic E-state index is 3.71. The number of nitrogens with zero attached hydrogens (tertiary/aromatic N) is 1. The van der Waals surface area contributed by atoms with Gasteiger partial charge in [-0.1, -0.05) is 20.8 Å². The van der Waals surface area contributed by atoms with Gasteiger partial charge in [-0.3, -0.25) is 4.90 Å². The van der Waals surface area contributed by atoms with Gasteiger partial charge in [0.1, 0.15) is 0 Å². The van der Waals surface area contributed by atoms with Gasteiger partial charge in [-0.05, 0) is 45.1 Å². The van der Waals surface area contributed by atoms with Crippen molar-refractivity contribution in [2.45, 2.75) is 76.9 Å². The molecule has 0 bridgehead atoms. The van der Waals surface area contributed by atoms with Crippen molar-refractivity contribution in [1.82, 2.24) is 10.2 Å². The van der Waals surface area contributed by atoms with E-state index in [-0.39, 0.29) is 0 Å². The molecule has 2 aliphatic rings. The van der Waals surface area contributed by atoms with Gasteiger partial charge >= 0.3 is 0 Å². The van der Waals surface area contributed by atoms with Crippen LogP contribution in [-0.4, -0.2) is 35.6 Å². The second kappa shape index (κ2) is 5.05. The van der Waals surface area contributed by atoms with E-state index >= 15 is 0 Å². The molecule has 1 unspecified atom stereocenters. The highest BCUT2D eigenvalue weighted by atomic mass is 15.2. The zero-order valence-electron chi connectivity index (χ0n) is 11.3. The van der Waals surface area contributed by atoms with Crippen LogP contribution in [-0.2, 0) is 0 Å². The van der Waals surface area contributed by atoms with Crippen molar-refractivity contribution in [2.75, 3.05) is 13.1 Å². The molecule has 0 aromatic heterocycles. The van der Waals surface area contributed by atoms with Gasteiger partial charge in [0, 0.05) is 24.2 Å². The number of nitrogens with one attached hydrogen (secondary N) is 1. The summed E-state index contributed by atoms with van der Waals surface area (Å²) in [6.45, 7) is 9.52. The largest absolute Gasteiger partial charge is 0.311 e. The Hall–Kier alpha value is -0.0800. The van der Waals surface area contributed by atoms with Crippen molar-refractivity contribution in [2.24, 2.45) is 0 Å². The minimum absolute atomic E-state index is 0.595. The first-order valence-electron chi connectivity index (χ1n) is 7.17. The Morgan fingerprint density at radius 2 is 2.06 bits per heavy atom. The number of rotatable bonds is 4. The van der Waals surface area contributed by atoms with Gasteiger partial charge in [-0.2, -0.15) is 0 Å². The van der Waals surface area contributed by atoms with E-state index in [0.717, 1.165) is 6.04 Å². The molecule has 1 saturated heterocycles. The molecule has 1 aliphatic heterocycles. The van der Waals surface area contributed by atoms with Crippen LogP contribution in [0.25, 0.3) is 0 Å². The standard InChI is InChI=1S/C14H28N2/c1-4-14(8-6-9-14)16-10-5-7-13(11-16)15-12(2)3/h12-13,15H,4-11H2,1-3H3. The smallest absolute Gasteiger partial charge is 0.0207 e. The summed E-state index contributed by atoms with van der Waals surface area (Å²) in [7, 11) is 0. The maximum Gasteiger partial charge on any atom is 0.0207 e. The lowest BCUT2D eigenvalue weighted by molar-refractivity contribution is -0.0110. The van der Waals surface area contributed by atoms with E-state index in [1.54, 1.807) is 0 Å². The van der Waals surface area contributed by atoms with Gasteiger partial charge in [0.2, 0.25) is 0 Å². The minimum Gasteiger partial charge on any atom is -0.311 e. The molecular weight excluding hydrogens is 196 g/mol. The highest BCUT2D eigenvalue weighted by Crippen LogP contribution is 2.41. The van der Waals surface area contributed by atoms with E-state index in [0.29, 0.717) is 11.6 Å². The van der Waals surface area contributed by atoms with E-state index in [1.165, 1.54) is 51.6 Å². The van der Waals surface area contributed by atoms with Gasteiger partial charge in [-0.25, -0.2) is 0 Å². The van der Waals surface area contributed by atoms with Crippen molar-refractivity contribution < 1.29 is 0 Å². The number of piperidine rings is 1. The molecule has 1 aliphatic carbocycles. The summed E-state index contributed by atoms with van der Waals surface area (Å²) in [4.78, 5) is 2.79. The second-order valence-electron chi connectivity index (χ2n) is 6.04. The van der Waals surface area contributed by atoms with Crippen molar-refractivity contribution in [3.8, 4) is 0 Å². The van der Waals surface area contributed by atoms with Gasteiger partial charge < -0.3 is 5.32 Å². The van der Waals surface area contributed by atoms with Crippen LogP contribution in [0, 0.1) is 0 Å². The lowest BCUT2D eigenvalue weighted by Crippen LogP contribution is -2.59. The molecule has 2 fully saturated rings. The van der Waals surface area contributed by atoms with Crippen LogP contribution in [0.1, 0.15) is 59.3 Å². The first-order valence-corrected chi connectivity index (χ1v) is 7.17. The fraction of sp³-hybridized carbons (Fsp3) is 1.00. The molecule has 16 heavy (non-hydrogen) atoms. The van der Waals surface area contributed by atoms with E-state index < -0.39 is 0 Å². The molecule has 2 rings (SSSR count). The van der Waals surface area contributed by atoms with Crippen LogP contribution in [0.2, 0.25) is 0 Å². The number of likely N-dealkylation sites (tertiary alicyclic amines) is 1. The summed E-state index contributed by atoms with van der Waals surface area (Å²) < 4.78 is 0. The molecule has 0 aromatic carbocycles. The fourth-order valence-corrected chi connectivity index (χ4v) is 3.49. The van der Waals surface area contributed by atoms with Crippen LogP contribution in [0.15, 0.2) is 0 Å². The van der Waals surface area contributed by atoms with Crippen molar-refractivity contribution in [1.29, 1.82) is 0 Å². The van der Waals surface area contributed by atoms with Crippen molar-refractivity contribution in [3.05, 3.63) is 0 Å². The molecule has 0 aromatic rings. The Morgan fingerprint density at radius 1 is 1.31 bits per heavy atom. The Kier molecular flexibility index (Phi) is 3.91. The second-order valence-corrected chi connectivity index (χ2v) is 6.04. The average Bonchev–Trinajstić information content (AvgIpc) is 2.16. The van der Waals surface area contributed by atoms with Crippen LogP contribution in [0.4, 0.5) is 0 Å². The molecule has 2 heteroatoms. The van der Waals surface area contributed by atoms with Crippen LogP contribution in [0.5, 0.6) is 0 Å². The Labute approximate surface area is 101 Å². The molecule has 0 spiro atoms. The predicted octanol–water partition coefficient (Wildman–Crippen LogP) is 2.78. The molecule has 0 radical (unpaired) electrons. The summed E-state index contributed by atoms with van der Waals surface area (Å²) in [6, 6.07) is 1.36. The zero-order chi connectivity index (χ0) is 11.6. The van der Waals surface area contributed by atoms with Crippen LogP contribution in [0.3, 0.4) is 0 Å². The van der Waals surface area contributed by atoms with E-state index in [2.05, 4.69) is 31.0 Å². The van der Waals surface area contributed by atoms with Crippen molar-refractivity contribution >= 4 is 0 Å². The van der Waals surface area contributed by atoms with E-state index in [9.17, 15) is 0 Å². The third-order valence-electron chi connectivity index (χ3n) is 4.60. The minimum atomic E-state index is 0.595. The summed E-state index contributed by atoms with van der Waals surface area (Å²) in [5.41, 5.74) is 0.595. The summed E-state index contributed by atoms with van der Waals surface area (Å²) >= 11 is 0. The molecule has 1 N–H and O–H groups in total. The Bertz CT molecular complexity index is 215. The first kappa shape index (κ1) is 12.4. The number of hydrogen-bond donors (Lipinski definition) is 1. The van der Waals surface area contributed by atoms with Gasteiger partial charge in [-0.15, -0.1) is 0 Å². The summed E-state index contributed by atoms with van der Waals surface area (Å²) in [5, 5.41) is 3.71. The van der Waals surface area contributed by atoms with E-state index in [1.807, 2.05) is 0 Å². The lowest BCUT2D eigenvalue weighted by atomic mass is 9.72. The third kappa shape index (κ3) is 2.43. The monoisotopic (exact) mass is 224 g/mol. The highest BCUT2D eigenvalue weighted by molar-refractivity contribution is 4.99. The fourth-order valence-electron chi connectivity index (χ4n) is 3.49. The molecule has 1 atom stereocenters. The normalized spacial score (nSPS) is 30.4. The van der Waals surface area contributed by atoms with Crippen molar-refractivity contribution in [3.63, 3.8) is 0 Å². The molecule has 0 amide bonds. The summed E-state index contributed by atoms with van der Waals surface area (Å²) in [5.74, 6) is 0. The zero-order valence-corrected chi connectivity index (χ0v) is 11.3. The predicted molar refractivity (Wildman–Crippen MR) is 69.7 cm³/mol. The molecule has 1 saturated carbocycles. The average molecular weight is 224 g/mol. The Morgan fingerprint density at radius 3 is 2.56 bits per heavy atom. The summed E-state index contributed by atoms with van der Waals surface area (Å²) in [6.07, 6.45) is 8.43. The SMILES string of the molecule is CCC1(N2CCCC(NC(C)C)C2)CCC1. The molecular formula is C14H28N2. The lowest BCUT2D eigenvalue weighted by Gasteiger charge is -2.53. The number of hydrogen-bond acceptors (Lipinski definition) is 2. The quantitative estimate of drug-likeness (QED) is 0.790. The van der Waals surface area contributed by atoms with Gasteiger partial charge in [0.15, 0.2) is 0 Å².